The van der Waals surface area contributed by atoms with E-state index in [9.17, 15) is 5.11 Å². The molecule has 1 aromatic carbocycles. The van der Waals surface area contributed by atoms with Crippen molar-refractivity contribution in [3.05, 3.63) is 24.3 Å². The van der Waals surface area contributed by atoms with E-state index in [0.717, 1.165) is 31.1 Å². The monoisotopic (exact) mass is 264 g/mol. The van der Waals surface area contributed by atoms with E-state index >= 15 is 0 Å². The molecule has 19 heavy (non-hydrogen) atoms. The lowest BCUT2D eigenvalue weighted by Crippen LogP contribution is -2.43. The molecule has 106 valence electrons. The first kappa shape index (κ1) is 14.2. The minimum absolute atomic E-state index is 0.141. The van der Waals surface area contributed by atoms with Crippen LogP contribution < -0.4 is 9.64 Å². The van der Waals surface area contributed by atoms with E-state index in [0.29, 0.717) is 5.92 Å². The molecular formula is C15H24N2O2. The van der Waals surface area contributed by atoms with E-state index in [1.807, 2.05) is 18.2 Å². The van der Waals surface area contributed by atoms with E-state index in [1.54, 1.807) is 7.11 Å². The van der Waals surface area contributed by atoms with Gasteiger partial charge >= 0.3 is 0 Å². The van der Waals surface area contributed by atoms with Crippen LogP contribution >= 0.6 is 0 Å². The lowest BCUT2D eigenvalue weighted by atomic mass is 10.1. The number of methoxy groups -OCH3 is 1. The fraction of sp³-hybridized carbons (Fsp3) is 0.600. The van der Waals surface area contributed by atoms with Gasteiger partial charge in [0.1, 0.15) is 5.75 Å². The third-order valence-corrected chi connectivity index (χ3v) is 3.69. The smallest absolute Gasteiger partial charge is 0.120 e. The van der Waals surface area contributed by atoms with Crippen LogP contribution in [-0.2, 0) is 0 Å². The largest absolute Gasteiger partial charge is 0.497 e. The summed E-state index contributed by atoms with van der Waals surface area (Å²) < 4.78 is 5.29. The first-order valence-electron chi connectivity index (χ1n) is 6.84. The van der Waals surface area contributed by atoms with Crippen molar-refractivity contribution in [2.24, 2.45) is 5.92 Å². The molecule has 4 nitrogen and oxygen atoms in total. The number of ether oxygens (including phenoxy) is 1. The molecule has 1 fully saturated rings. The Morgan fingerprint density at radius 1 is 1.32 bits per heavy atom. The van der Waals surface area contributed by atoms with Crippen molar-refractivity contribution in [1.82, 2.24) is 4.90 Å². The van der Waals surface area contributed by atoms with Gasteiger partial charge in [0.2, 0.25) is 0 Å². The van der Waals surface area contributed by atoms with E-state index < -0.39 is 0 Å². The Hall–Kier alpha value is -1.26. The second kappa shape index (κ2) is 6.26. The number of benzene rings is 1. The first-order chi connectivity index (χ1) is 9.13. The Kier molecular flexibility index (Phi) is 4.66. The molecule has 0 amide bonds. The van der Waals surface area contributed by atoms with Crippen LogP contribution in [0, 0.1) is 5.92 Å². The van der Waals surface area contributed by atoms with Crippen LogP contribution in [0.2, 0.25) is 0 Å². The molecule has 1 heterocycles. The molecule has 1 aliphatic rings. The van der Waals surface area contributed by atoms with E-state index in [1.165, 1.54) is 0 Å². The van der Waals surface area contributed by atoms with Gasteiger partial charge in [-0.05, 0) is 25.1 Å². The van der Waals surface area contributed by atoms with Crippen molar-refractivity contribution in [2.45, 2.75) is 13.0 Å². The summed E-state index contributed by atoms with van der Waals surface area (Å²) in [6, 6.07) is 8.22. The van der Waals surface area contributed by atoms with Crippen LogP contribution in [0.1, 0.15) is 6.92 Å². The van der Waals surface area contributed by atoms with Gasteiger partial charge in [-0.25, -0.2) is 0 Å². The molecule has 1 N–H and O–H groups in total. The number of hydrogen-bond acceptors (Lipinski definition) is 4. The summed E-state index contributed by atoms with van der Waals surface area (Å²) in [5.74, 6) is 1.44. The SMILES string of the molecule is COc1cccc(N2CC(C)CN(C)CC2CO)c1. The van der Waals surface area contributed by atoms with Gasteiger partial charge in [0, 0.05) is 31.4 Å². The molecule has 2 rings (SSSR count). The highest BCUT2D eigenvalue weighted by atomic mass is 16.5. The zero-order valence-electron chi connectivity index (χ0n) is 12.0. The second-order valence-corrected chi connectivity index (χ2v) is 5.52. The minimum atomic E-state index is 0.141. The van der Waals surface area contributed by atoms with Crippen LogP contribution in [0.25, 0.3) is 0 Å². The molecule has 0 bridgehead atoms. The van der Waals surface area contributed by atoms with E-state index in [2.05, 4.69) is 29.8 Å². The normalized spacial score (nSPS) is 25.2. The zero-order valence-corrected chi connectivity index (χ0v) is 12.0. The third-order valence-electron chi connectivity index (χ3n) is 3.69. The average molecular weight is 264 g/mol. The standard InChI is InChI=1S/C15H24N2O2/c1-12-8-16(2)10-14(11-18)17(9-12)13-5-4-6-15(7-13)19-3/h4-7,12,14,18H,8-11H2,1-3H3. The molecule has 1 saturated heterocycles. The van der Waals surface area contributed by atoms with Crippen molar-refractivity contribution < 1.29 is 9.84 Å². The molecule has 0 spiro atoms. The van der Waals surface area contributed by atoms with Crippen LogP contribution in [-0.4, -0.2) is 56.4 Å². The number of anilines is 1. The molecule has 0 saturated carbocycles. The zero-order chi connectivity index (χ0) is 13.8. The highest BCUT2D eigenvalue weighted by Crippen LogP contribution is 2.25. The summed E-state index contributed by atoms with van der Waals surface area (Å²) in [6.07, 6.45) is 0. The number of aliphatic hydroxyl groups excluding tert-OH is 1. The maximum atomic E-state index is 9.68. The van der Waals surface area contributed by atoms with E-state index in [-0.39, 0.29) is 12.6 Å². The summed E-state index contributed by atoms with van der Waals surface area (Å²) in [4.78, 5) is 4.60. The quantitative estimate of drug-likeness (QED) is 0.896. The van der Waals surface area contributed by atoms with Crippen LogP contribution in [0.3, 0.4) is 0 Å². The molecule has 2 atom stereocenters. The van der Waals surface area contributed by atoms with Crippen molar-refractivity contribution in [2.75, 3.05) is 45.3 Å². The predicted octanol–water partition coefficient (Wildman–Crippen LogP) is 1.44. The number of aliphatic hydroxyl groups is 1. The summed E-state index contributed by atoms with van der Waals surface area (Å²) in [5.41, 5.74) is 1.13. The first-order valence-corrected chi connectivity index (χ1v) is 6.84. The Labute approximate surface area is 115 Å². The van der Waals surface area contributed by atoms with Gasteiger partial charge in [-0.15, -0.1) is 0 Å². The Balaban J connectivity index is 2.27. The summed E-state index contributed by atoms with van der Waals surface area (Å²) in [7, 11) is 3.80. The van der Waals surface area contributed by atoms with E-state index in [4.69, 9.17) is 4.74 Å². The number of hydrogen-bond donors (Lipinski definition) is 1. The summed E-state index contributed by atoms with van der Waals surface area (Å²) >= 11 is 0. The third kappa shape index (κ3) is 3.39. The lowest BCUT2D eigenvalue weighted by Gasteiger charge is -2.32. The number of rotatable bonds is 3. The van der Waals surface area contributed by atoms with Crippen molar-refractivity contribution >= 4 is 5.69 Å². The molecule has 4 heteroatoms. The van der Waals surface area contributed by atoms with Crippen molar-refractivity contribution in [3.63, 3.8) is 0 Å². The maximum absolute atomic E-state index is 9.68. The number of likely N-dealkylation sites (N-methyl/N-ethyl adjacent to an activating group) is 1. The second-order valence-electron chi connectivity index (χ2n) is 5.52. The number of nitrogens with zero attached hydrogens (tertiary/aromatic N) is 2. The van der Waals surface area contributed by atoms with Gasteiger partial charge in [-0.2, -0.15) is 0 Å². The molecule has 2 unspecified atom stereocenters. The van der Waals surface area contributed by atoms with Gasteiger partial charge in [-0.3, -0.25) is 0 Å². The van der Waals surface area contributed by atoms with Gasteiger partial charge < -0.3 is 19.6 Å². The van der Waals surface area contributed by atoms with Crippen molar-refractivity contribution in [1.29, 1.82) is 0 Å². The summed E-state index contributed by atoms with van der Waals surface area (Å²) in [5, 5.41) is 9.68. The minimum Gasteiger partial charge on any atom is -0.497 e. The molecule has 1 aromatic rings. The maximum Gasteiger partial charge on any atom is 0.120 e. The molecule has 0 radical (unpaired) electrons. The van der Waals surface area contributed by atoms with Gasteiger partial charge in [-0.1, -0.05) is 13.0 Å². The average Bonchev–Trinajstić information content (AvgIpc) is 2.56. The van der Waals surface area contributed by atoms with Gasteiger partial charge in [0.15, 0.2) is 0 Å². The topological polar surface area (TPSA) is 35.9 Å². The summed E-state index contributed by atoms with van der Waals surface area (Å²) in [6.45, 7) is 5.34. The van der Waals surface area contributed by atoms with Gasteiger partial charge in [0.25, 0.3) is 0 Å². The Morgan fingerprint density at radius 3 is 2.79 bits per heavy atom. The van der Waals surface area contributed by atoms with Gasteiger partial charge in [0.05, 0.1) is 19.8 Å². The Bertz CT molecular complexity index is 411. The predicted molar refractivity (Wildman–Crippen MR) is 77.9 cm³/mol. The fourth-order valence-electron chi connectivity index (χ4n) is 2.87. The van der Waals surface area contributed by atoms with Crippen LogP contribution in [0.4, 0.5) is 5.69 Å². The lowest BCUT2D eigenvalue weighted by molar-refractivity contribution is 0.226. The highest BCUT2D eigenvalue weighted by molar-refractivity contribution is 5.52. The Morgan fingerprint density at radius 2 is 2.11 bits per heavy atom. The highest BCUT2D eigenvalue weighted by Gasteiger charge is 2.26. The fourth-order valence-corrected chi connectivity index (χ4v) is 2.87. The molecule has 0 aliphatic carbocycles. The molecule has 0 aromatic heterocycles. The molecule has 1 aliphatic heterocycles. The molecular weight excluding hydrogens is 240 g/mol. The van der Waals surface area contributed by atoms with Crippen molar-refractivity contribution in [3.8, 4) is 5.75 Å². The van der Waals surface area contributed by atoms with Crippen LogP contribution in [0.15, 0.2) is 24.3 Å². The van der Waals surface area contributed by atoms with Crippen LogP contribution in [0.5, 0.6) is 5.75 Å².